The Balaban J connectivity index is 2.39. The second-order valence-corrected chi connectivity index (χ2v) is 5.47. The molecule has 0 unspecified atom stereocenters. The molecular formula is C8H18N2O2S. The van der Waals surface area contributed by atoms with Gasteiger partial charge in [-0.05, 0) is 32.2 Å². The van der Waals surface area contributed by atoms with Crippen molar-refractivity contribution in [2.75, 3.05) is 6.54 Å². The van der Waals surface area contributed by atoms with Gasteiger partial charge in [0, 0.05) is 6.04 Å². The molecular weight excluding hydrogens is 188 g/mol. The van der Waals surface area contributed by atoms with Gasteiger partial charge in [0.15, 0.2) is 0 Å². The van der Waals surface area contributed by atoms with Gasteiger partial charge in [-0.2, -0.15) is 0 Å². The van der Waals surface area contributed by atoms with Crippen LogP contribution < -0.4 is 10.5 Å². The molecule has 0 amide bonds. The van der Waals surface area contributed by atoms with Gasteiger partial charge in [0.2, 0.25) is 10.0 Å². The van der Waals surface area contributed by atoms with Crippen molar-refractivity contribution in [3.63, 3.8) is 0 Å². The van der Waals surface area contributed by atoms with Crippen LogP contribution in [-0.2, 0) is 10.0 Å². The Hall–Kier alpha value is -0.130. The van der Waals surface area contributed by atoms with Crippen molar-refractivity contribution in [1.82, 2.24) is 5.32 Å². The van der Waals surface area contributed by atoms with Crippen molar-refractivity contribution in [1.29, 1.82) is 0 Å². The van der Waals surface area contributed by atoms with Crippen molar-refractivity contribution in [3.05, 3.63) is 0 Å². The normalized spacial score (nSPS) is 30.3. The van der Waals surface area contributed by atoms with E-state index in [0.29, 0.717) is 18.9 Å². The maximum atomic E-state index is 11.0. The summed E-state index contributed by atoms with van der Waals surface area (Å²) in [4.78, 5) is 0. The lowest BCUT2D eigenvalue weighted by atomic mass is 9.95. The number of nitrogens with two attached hydrogens (primary N) is 1. The Labute approximate surface area is 79.9 Å². The zero-order chi connectivity index (χ0) is 9.90. The minimum absolute atomic E-state index is 0.303. The minimum atomic E-state index is -3.29. The molecule has 0 atom stereocenters. The Kier molecular flexibility index (Phi) is 3.70. The van der Waals surface area contributed by atoms with Crippen molar-refractivity contribution in [2.45, 2.75) is 43.9 Å². The largest absolute Gasteiger partial charge is 0.314 e. The molecule has 1 aliphatic rings. The summed E-state index contributed by atoms with van der Waals surface area (Å²) in [6.07, 6.45) is 3.26. The van der Waals surface area contributed by atoms with E-state index >= 15 is 0 Å². The Morgan fingerprint density at radius 2 is 1.85 bits per heavy atom. The topological polar surface area (TPSA) is 72.2 Å². The predicted molar refractivity (Wildman–Crippen MR) is 52.8 cm³/mol. The van der Waals surface area contributed by atoms with Crippen molar-refractivity contribution in [3.8, 4) is 0 Å². The van der Waals surface area contributed by atoms with E-state index in [-0.39, 0.29) is 5.25 Å². The highest BCUT2D eigenvalue weighted by Gasteiger charge is 2.27. The number of hydrogen-bond acceptors (Lipinski definition) is 3. The second kappa shape index (κ2) is 4.39. The molecule has 13 heavy (non-hydrogen) atoms. The van der Waals surface area contributed by atoms with Gasteiger partial charge < -0.3 is 5.32 Å². The van der Waals surface area contributed by atoms with Gasteiger partial charge in [-0.1, -0.05) is 6.92 Å². The van der Waals surface area contributed by atoms with Crippen LogP contribution in [0, 0.1) is 0 Å². The van der Waals surface area contributed by atoms with Crippen LogP contribution in [-0.4, -0.2) is 26.3 Å². The Morgan fingerprint density at radius 3 is 2.23 bits per heavy atom. The van der Waals surface area contributed by atoms with Crippen LogP contribution in [0.4, 0.5) is 0 Å². The summed E-state index contributed by atoms with van der Waals surface area (Å²) in [5.41, 5.74) is 0. The molecule has 1 rings (SSSR count). The average molecular weight is 206 g/mol. The molecule has 1 saturated carbocycles. The van der Waals surface area contributed by atoms with E-state index in [0.717, 1.165) is 19.4 Å². The van der Waals surface area contributed by atoms with E-state index in [1.165, 1.54) is 0 Å². The summed E-state index contributed by atoms with van der Waals surface area (Å²) < 4.78 is 22.0. The van der Waals surface area contributed by atoms with Gasteiger partial charge in [-0.25, -0.2) is 13.6 Å². The lowest BCUT2D eigenvalue weighted by Gasteiger charge is -2.27. The van der Waals surface area contributed by atoms with Crippen molar-refractivity contribution >= 4 is 10.0 Å². The van der Waals surface area contributed by atoms with Gasteiger partial charge in [0.05, 0.1) is 5.25 Å². The minimum Gasteiger partial charge on any atom is -0.314 e. The lowest BCUT2D eigenvalue weighted by Crippen LogP contribution is -2.39. The summed E-state index contributed by atoms with van der Waals surface area (Å²) >= 11 is 0. The molecule has 0 aromatic carbocycles. The number of nitrogens with one attached hydrogen (secondary N) is 1. The first-order valence-corrected chi connectivity index (χ1v) is 6.40. The molecule has 0 aromatic heterocycles. The number of primary sulfonamides is 1. The van der Waals surface area contributed by atoms with Gasteiger partial charge in [-0.3, -0.25) is 0 Å². The first-order chi connectivity index (χ1) is 6.04. The van der Waals surface area contributed by atoms with E-state index in [9.17, 15) is 8.42 Å². The third-order valence-electron chi connectivity index (χ3n) is 2.63. The Morgan fingerprint density at radius 1 is 1.31 bits per heavy atom. The molecule has 0 heterocycles. The molecule has 0 aromatic rings. The zero-order valence-electron chi connectivity index (χ0n) is 7.99. The van der Waals surface area contributed by atoms with Gasteiger partial charge in [0.25, 0.3) is 0 Å². The fourth-order valence-corrected chi connectivity index (χ4v) is 2.81. The van der Waals surface area contributed by atoms with Crippen LogP contribution in [0.5, 0.6) is 0 Å². The Bertz CT molecular complexity index is 243. The SMILES string of the molecule is CCNC1CCC(S(N)(=O)=O)CC1. The molecule has 3 N–H and O–H groups in total. The monoisotopic (exact) mass is 206 g/mol. The quantitative estimate of drug-likeness (QED) is 0.692. The third kappa shape index (κ3) is 3.25. The maximum absolute atomic E-state index is 11.0. The van der Waals surface area contributed by atoms with Crippen LogP contribution in [0.25, 0.3) is 0 Å². The molecule has 5 heteroatoms. The first kappa shape index (κ1) is 10.9. The lowest BCUT2D eigenvalue weighted by molar-refractivity contribution is 0.378. The highest BCUT2D eigenvalue weighted by atomic mass is 32.2. The van der Waals surface area contributed by atoms with Crippen LogP contribution in [0.3, 0.4) is 0 Å². The molecule has 1 aliphatic carbocycles. The van der Waals surface area contributed by atoms with Crippen LogP contribution in [0.2, 0.25) is 0 Å². The standard InChI is InChI=1S/C8H18N2O2S/c1-2-10-7-3-5-8(6-4-7)13(9,11)12/h7-8,10H,2-6H2,1H3,(H2,9,11,12). The van der Waals surface area contributed by atoms with Crippen molar-refractivity contribution in [2.24, 2.45) is 5.14 Å². The molecule has 0 saturated heterocycles. The number of sulfonamides is 1. The molecule has 0 radical (unpaired) electrons. The third-order valence-corrected chi connectivity index (χ3v) is 4.03. The summed E-state index contributed by atoms with van der Waals surface area (Å²) in [6.45, 7) is 3.01. The zero-order valence-corrected chi connectivity index (χ0v) is 8.81. The predicted octanol–water partition coefficient (Wildman–Crippen LogP) is 0.196. The summed E-state index contributed by atoms with van der Waals surface area (Å²) in [7, 11) is -3.29. The first-order valence-electron chi connectivity index (χ1n) is 4.79. The summed E-state index contributed by atoms with van der Waals surface area (Å²) in [6, 6.07) is 0.489. The molecule has 0 spiro atoms. The number of hydrogen-bond donors (Lipinski definition) is 2. The fraction of sp³-hybridized carbons (Fsp3) is 1.00. The fourth-order valence-electron chi connectivity index (χ4n) is 1.88. The van der Waals surface area contributed by atoms with Crippen LogP contribution >= 0.6 is 0 Å². The van der Waals surface area contributed by atoms with E-state index in [1.807, 2.05) is 0 Å². The molecule has 4 nitrogen and oxygen atoms in total. The van der Waals surface area contributed by atoms with E-state index in [4.69, 9.17) is 5.14 Å². The second-order valence-electron chi connectivity index (χ2n) is 3.62. The highest BCUT2D eigenvalue weighted by molar-refractivity contribution is 7.89. The molecule has 78 valence electrons. The smallest absolute Gasteiger partial charge is 0.211 e. The van der Waals surface area contributed by atoms with Gasteiger partial charge >= 0.3 is 0 Å². The number of rotatable bonds is 3. The summed E-state index contributed by atoms with van der Waals surface area (Å²) in [5, 5.41) is 8.10. The molecule has 1 fully saturated rings. The highest BCUT2D eigenvalue weighted by Crippen LogP contribution is 2.22. The van der Waals surface area contributed by atoms with Crippen LogP contribution in [0.1, 0.15) is 32.6 Å². The van der Waals surface area contributed by atoms with Gasteiger partial charge in [0.1, 0.15) is 0 Å². The van der Waals surface area contributed by atoms with Gasteiger partial charge in [-0.15, -0.1) is 0 Å². The average Bonchev–Trinajstić information content (AvgIpc) is 2.04. The summed E-state index contributed by atoms with van der Waals surface area (Å²) in [5.74, 6) is 0. The maximum Gasteiger partial charge on any atom is 0.211 e. The van der Waals surface area contributed by atoms with Crippen molar-refractivity contribution < 1.29 is 8.42 Å². The van der Waals surface area contributed by atoms with E-state index in [2.05, 4.69) is 12.2 Å². The van der Waals surface area contributed by atoms with Crippen LogP contribution in [0.15, 0.2) is 0 Å². The van der Waals surface area contributed by atoms with E-state index < -0.39 is 10.0 Å². The van der Waals surface area contributed by atoms with E-state index in [1.54, 1.807) is 0 Å². The molecule has 0 bridgehead atoms. The molecule has 0 aliphatic heterocycles.